The summed E-state index contributed by atoms with van der Waals surface area (Å²) >= 11 is 0. The fourth-order valence-electron chi connectivity index (χ4n) is 2.90. The van der Waals surface area contributed by atoms with Gasteiger partial charge >= 0.3 is 0 Å². The topological polar surface area (TPSA) is 110 Å². The van der Waals surface area contributed by atoms with Crippen molar-refractivity contribution in [1.82, 2.24) is 14.3 Å². The maximum absolute atomic E-state index is 12.0. The number of aliphatic hydroxyl groups excluding tert-OH is 1. The molecule has 0 saturated carbocycles. The lowest BCUT2D eigenvalue weighted by molar-refractivity contribution is -0.135. The summed E-state index contributed by atoms with van der Waals surface area (Å²) in [5.74, 6) is 4.98. The molecule has 0 aliphatic rings. The van der Waals surface area contributed by atoms with Gasteiger partial charge in [0.2, 0.25) is 5.82 Å². The zero-order valence-corrected chi connectivity index (χ0v) is 16.9. The van der Waals surface area contributed by atoms with Crippen molar-refractivity contribution in [3.63, 3.8) is 0 Å². The van der Waals surface area contributed by atoms with Gasteiger partial charge in [0.15, 0.2) is 6.10 Å². The van der Waals surface area contributed by atoms with Gasteiger partial charge in [-0.15, -0.1) is 0 Å². The predicted molar refractivity (Wildman–Crippen MR) is 112 cm³/mol. The number of fused-ring (bicyclic) bond motifs is 1. The van der Waals surface area contributed by atoms with E-state index in [2.05, 4.69) is 16.8 Å². The van der Waals surface area contributed by atoms with Crippen LogP contribution in [0.3, 0.4) is 0 Å². The van der Waals surface area contributed by atoms with E-state index in [9.17, 15) is 14.7 Å². The van der Waals surface area contributed by atoms with Crippen LogP contribution in [0, 0.1) is 11.8 Å². The summed E-state index contributed by atoms with van der Waals surface area (Å²) in [5.41, 5.74) is 7.95. The van der Waals surface area contributed by atoms with Gasteiger partial charge in [-0.05, 0) is 25.1 Å². The van der Waals surface area contributed by atoms with Crippen LogP contribution in [0.2, 0.25) is 0 Å². The molecule has 0 saturated heterocycles. The number of hydrogen-bond donors (Lipinski definition) is 2. The van der Waals surface area contributed by atoms with Crippen LogP contribution in [0.1, 0.15) is 23.1 Å². The Morgan fingerprint density at radius 2 is 2.10 bits per heavy atom. The maximum atomic E-state index is 12.0. The quantitative estimate of drug-likeness (QED) is 0.621. The standard InChI is InChI=1S/C22H22N4O4/c1-4-25(2)22(29)18(27)9-8-14-6-5-7-15(12-14)19-17-13-16(30-3)10-11-26(17)21(24-19)20(23)28/h5-7,10-13,18,27H,4H2,1-3H3,(H2,23,28). The molecule has 0 radical (unpaired) electrons. The van der Waals surface area contributed by atoms with Crippen LogP contribution in [0.5, 0.6) is 5.75 Å². The van der Waals surface area contributed by atoms with Crippen molar-refractivity contribution in [3.8, 4) is 28.8 Å². The van der Waals surface area contributed by atoms with Crippen molar-refractivity contribution >= 4 is 17.3 Å². The summed E-state index contributed by atoms with van der Waals surface area (Å²) in [5, 5.41) is 9.98. The number of aromatic nitrogens is 2. The lowest BCUT2D eigenvalue weighted by atomic mass is 10.1. The fourth-order valence-corrected chi connectivity index (χ4v) is 2.90. The molecule has 0 aliphatic heterocycles. The number of rotatable bonds is 5. The molecule has 2 amide bonds. The number of ether oxygens (including phenoxy) is 1. The first-order chi connectivity index (χ1) is 14.3. The van der Waals surface area contributed by atoms with Crippen LogP contribution in [-0.4, -0.2) is 58.0 Å². The highest BCUT2D eigenvalue weighted by Gasteiger charge is 2.18. The first kappa shape index (κ1) is 20.9. The van der Waals surface area contributed by atoms with Crippen LogP contribution < -0.4 is 10.5 Å². The molecule has 1 unspecified atom stereocenters. The third-order valence-corrected chi connectivity index (χ3v) is 4.64. The Morgan fingerprint density at radius 1 is 1.33 bits per heavy atom. The van der Waals surface area contributed by atoms with Crippen molar-refractivity contribution in [2.24, 2.45) is 5.73 Å². The van der Waals surface area contributed by atoms with E-state index in [1.807, 2.05) is 13.0 Å². The molecule has 8 nitrogen and oxygen atoms in total. The van der Waals surface area contributed by atoms with Crippen LogP contribution in [0.25, 0.3) is 16.8 Å². The lowest BCUT2D eigenvalue weighted by Crippen LogP contribution is -2.35. The molecule has 2 aromatic heterocycles. The highest BCUT2D eigenvalue weighted by Crippen LogP contribution is 2.28. The number of carbonyl (C=O) groups is 2. The molecule has 8 heteroatoms. The number of primary amides is 1. The van der Waals surface area contributed by atoms with E-state index in [1.165, 1.54) is 4.90 Å². The Labute approximate surface area is 173 Å². The molecule has 3 aromatic rings. The minimum Gasteiger partial charge on any atom is -0.497 e. The van der Waals surface area contributed by atoms with Gasteiger partial charge in [-0.25, -0.2) is 4.98 Å². The monoisotopic (exact) mass is 406 g/mol. The Morgan fingerprint density at radius 3 is 2.77 bits per heavy atom. The van der Waals surface area contributed by atoms with Gasteiger partial charge in [0.25, 0.3) is 11.8 Å². The number of carbonyl (C=O) groups excluding carboxylic acids is 2. The Balaban J connectivity index is 2.03. The average molecular weight is 406 g/mol. The first-order valence-corrected chi connectivity index (χ1v) is 9.26. The largest absolute Gasteiger partial charge is 0.497 e. The second-order valence-corrected chi connectivity index (χ2v) is 6.58. The smallest absolute Gasteiger partial charge is 0.285 e. The minimum absolute atomic E-state index is 0.0998. The zero-order chi connectivity index (χ0) is 21.8. The molecule has 154 valence electrons. The molecule has 3 rings (SSSR count). The Hall–Kier alpha value is -3.83. The van der Waals surface area contributed by atoms with Crippen LogP contribution >= 0.6 is 0 Å². The molecule has 2 heterocycles. The SMILES string of the molecule is CCN(C)C(=O)C(O)C#Cc1cccc(-c2nc(C(N)=O)n3ccc(OC)cc23)c1. The van der Waals surface area contributed by atoms with E-state index < -0.39 is 17.9 Å². The molecule has 0 aliphatic carbocycles. The van der Waals surface area contributed by atoms with Gasteiger partial charge in [-0.3, -0.25) is 14.0 Å². The number of hydrogen-bond acceptors (Lipinski definition) is 5. The fraction of sp³-hybridized carbons (Fsp3) is 0.227. The second kappa shape index (κ2) is 8.68. The lowest BCUT2D eigenvalue weighted by Gasteiger charge is -2.15. The Kier molecular flexibility index (Phi) is 6.04. The van der Waals surface area contributed by atoms with Crippen molar-refractivity contribution < 1.29 is 19.4 Å². The van der Waals surface area contributed by atoms with E-state index in [0.29, 0.717) is 34.6 Å². The summed E-state index contributed by atoms with van der Waals surface area (Å²) in [7, 11) is 3.15. The number of benzene rings is 1. The van der Waals surface area contributed by atoms with Crippen molar-refractivity contribution in [2.75, 3.05) is 20.7 Å². The van der Waals surface area contributed by atoms with E-state index in [4.69, 9.17) is 10.5 Å². The van der Waals surface area contributed by atoms with E-state index in [1.54, 1.807) is 55.1 Å². The molecule has 30 heavy (non-hydrogen) atoms. The number of amides is 2. The van der Waals surface area contributed by atoms with Gasteiger partial charge in [-0.1, -0.05) is 24.0 Å². The number of likely N-dealkylation sites (N-methyl/N-ethyl adjacent to an activating group) is 1. The summed E-state index contributed by atoms with van der Waals surface area (Å²) in [6.07, 6.45) is 0.262. The number of pyridine rings is 1. The third-order valence-electron chi connectivity index (χ3n) is 4.64. The highest BCUT2D eigenvalue weighted by molar-refractivity contribution is 5.93. The van der Waals surface area contributed by atoms with E-state index in [0.717, 1.165) is 0 Å². The van der Waals surface area contributed by atoms with Crippen molar-refractivity contribution in [1.29, 1.82) is 0 Å². The molecular formula is C22H22N4O4. The van der Waals surface area contributed by atoms with E-state index in [-0.39, 0.29) is 5.82 Å². The van der Waals surface area contributed by atoms with Crippen molar-refractivity contribution in [2.45, 2.75) is 13.0 Å². The number of aliphatic hydroxyl groups is 1. The summed E-state index contributed by atoms with van der Waals surface area (Å²) in [4.78, 5) is 29.6. The molecule has 3 N–H and O–H groups in total. The van der Waals surface area contributed by atoms with Crippen molar-refractivity contribution in [3.05, 3.63) is 54.0 Å². The summed E-state index contributed by atoms with van der Waals surface area (Å²) in [6.45, 7) is 2.29. The zero-order valence-electron chi connectivity index (χ0n) is 16.9. The highest BCUT2D eigenvalue weighted by atomic mass is 16.5. The molecule has 1 atom stereocenters. The minimum atomic E-state index is -1.40. The third kappa shape index (κ3) is 4.11. The summed E-state index contributed by atoms with van der Waals surface area (Å²) < 4.78 is 6.88. The first-order valence-electron chi connectivity index (χ1n) is 9.26. The number of nitrogens with two attached hydrogens (primary N) is 1. The maximum Gasteiger partial charge on any atom is 0.285 e. The number of nitrogens with zero attached hydrogens (tertiary/aromatic N) is 3. The average Bonchev–Trinajstić information content (AvgIpc) is 3.15. The normalized spacial score (nSPS) is 11.5. The van der Waals surface area contributed by atoms with Gasteiger partial charge in [0.1, 0.15) is 5.75 Å². The van der Waals surface area contributed by atoms with Gasteiger partial charge in [-0.2, -0.15) is 0 Å². The van der Waals surface area contributed by atoms with E-state index >= 15 is 0 Å². The molecular weight excluding hydrogens is 384 g/mol. The van der Waals surface area contributed by atoms with Crippen LogP contribution in [0.4, 0.5) is 0 Å². The van der Waals surface area contributed by atoms with Gasteiger partial charge in [0, 0.05) is 37.0 Å². The predicted octanol–water partition coefficient (Wildman–Crippen LogP) is 1.30. The number of methoxy groups -OCH3 is 1. The summed E-state index contributed by atoms with van der Waals surface area (Å²) in [6, 6.07) is 10.6. The van der Waals surface area contributed by atoms with Gasteiger partial charge in [0.05, 0.1) is 18.3 Å². The van der Waals surface area contributed by atoms with Crippen LogP contribution in [-0.2, 0) is 4.79 Å². The molecule has 0 bridgehead atoms. The molecule has 0 spiro atoms. The molecule has 0 fully saturated rings. The number of imidazole rings is 1. The second-order valence-electron chi connectivity index (χ2n) is 6.58. The Bertz CT molecular complexity index is 1170. The van der Waals surface area contributed by atoms with Gasteiger partial charge < -0.3 is 20.5 Å². The van der Waals surface area contributed by atoms with Crippen LogP contribution in [0.15, 0.2) is 42.6 Å². The molecule has 1 aromatic carbocycles.